The molecule has 170 valence electrons. The number of nitrogens with one attached hydrogen (secondary N) is 1. The van der Waals surface area contributed by atoms with E-state index in [1.165, 1.54) is 12.8 Å². The fourth-order valence-corrected chi connectivity index (χ4v) is 4.86. The minimum atomic E-state index is -0.0517. The van der Waals surface area contributed by atoms with E-state index in [0.717, 1.165) is 43.9 Å². The monoisotopic (exact) mass is 454 g/mol. The van der Waals surface area contributed by atoms with Gasteiger partial charge in [-0.1, -0.05) is 17.7 Å². The number of halogens is 1. The standard InChI is InChI=1S/C25H31ClN4O2/c1-18-7-8-22(24(31)27-11-16-29-12-2-3-13-29)23(28-18)19-9-14-30(15-10-19)25(32)20-5-4-6-21(26)17-20/h4-8,17,19H,2-3,9-16H2,1H3,(H,27,31). The highest BCUT2D eigenvalue weighted by molar-refractivity contribution is 6.30. The molecule has 2 aromatic rings. The van der Waals surface area contributed by atoms with Crippen LogP contribution < -0.4 is 5.32 Å². The molecule has 4 rings (SSSR count). The van der Waals surface area contributed by atoms with Crippen molar-refractivity contribution in [2.75, 3.05) is 39.3 Å². The number of likely N-dealkylation sites (tertiary alicyclic amines) is 2. The largest absolute Gasteiger partial charge is 0.351 e. The normalized spacial score (nSPS) is 17.5. The third kappa shape index (κ3) is 5.48. The Labute approximate surface area is 195 Å². The van der Waals surface area contributed by atoms with Gasteiger partial charge in [-0.15, -0.1) is 0 Å². The number of aryl methyl sites for hydroxylation is 1. The molecule has 1 N–H and O–H groups in total. The van der Waals surface area contributed by atoms with Gasteiger partial charge in [0.05, 0.1) is 11.3 Å². The number of hydrogen-bond donors (Lipinski definition) is 1. The minimum absolute atomic E-state index is 0.00281. The second kappa shape index (κ2) is 10.5. The van der Waals surface area contributed by atoms with Crippen LogP contribution in [0.5, 0.6) is 0 Å². The molecular formula is C25H31ClN4O2. The molecule has 2 aliphatic heterocycles. The average Bonchev–Trinajstić information content (AvgIpc) is 3.32. The van der Waals surface area contributed by atoms with Gasteiger partial charge in [0.25, 0.3) is 11.8 Å². The molecule has 0 unspecified atom stereocenters. The summed E-state index contributed by atoms with van der Waals surface area (Å²) in [5, 5.41) is 3.65. The minimum Gasteiger partial charge on any atom is -0.351 e. The summed E-state index contributed by atoms with van der Waals surface area (Å²) in [5.41, 5.74) is 3.05. The van der Waals surface area contributed by atoms with E-state index in [9.17, 15) is 9.59 Å². The first kappa shape index (κ1) is 22.7. The van der Waals surface area contributed by atoms with Crippen molar-refractivity contribution in [3.05, 3.63) is 63.9 Å². The first-order valence-corrected chi connectivity index (χ1v) is 11.9. The lowest BCUT2D eigenvalue weighted by molar-refractivity contribution is 0.0710. The molecule has 0 atom stereocenters. The maximum absolute atomic E-state index is 12.9. The molecule has 0 radical (unpaired) electrons. The number of benzene rings is 1. The Balaban J connectivity index is 1.38. The van der Waals surface area contributed by atoms with Crippen molar-refractivity contribution in [1.82, 2.24) is 20.1 Å². The number of carbonyl (C=O) groups excluding carboxylic acids is 2. The Kier molecular flexibility index (Phi) is 7.43. The topological polar surface area (TPSA) is 65.5 Å². The summed E-state index contributed by atoms with van der Waals surface area (Å²) in [6.45, 7) is 7.03. The Bertz CT molecular complexity index is 966. The fourth-order valence-electron chi connectivity index (χ4n) is 4.67. The van der Waals surface area contributed by atoms with Gasteiger partial charge < -0.3 is 15.1 Å². The first-order chi connectivity index (χ1) is 15.5. The molecular weight excluding hydrogens is 424 g/mol. The summed E-state index contributed by atoms with van der Waals surface area (Å²) < 4.78 is 0. The Morgan fingerprint density at radius 3 is 2.56 bits per heavy atom. The molecule has 2 saturated heterocycles. The van der Waals surface area contributed by atoms with E-state index >= 15 is 0 Å². The van der Waals surface area contributed by atoms with Crippen molar-refractivity contribution in [3.63, 3.8) is 0 Å². The van der Waals surface area contributed by atoms with Gasteiger partial charge >= 0.3 is 0 Å². The number of hydrogen-bond acceptors (Lipinski definition) is 4. The molecule has 2 fully saturated rings. The van der Waals surface area contributed by atoms with Crippen molar-refractivity contribution in [1.29, 1.82) is 0 Å². The van der Waals surface area contributed by atoms with Crippen LogP contribution in [0.25, 0.3) is 0 Å². The number of pyridine rings is 1. The van der Waals surface area contributed by atoms with Crippen LogP contribution in [0.1, 0.15) is 63.7 Å². The zero-order valence-electron chi connectivity index (χ0n) is 18.6. The van der Waals surface area contributed by atoms with Gasteiger partial charge in [0.1, 0.15) is 0 Å². The van der Waals surface area contributed by atoms with E-state index in [0.29, 0.717) is 35.8 Å². The zero-order chi connectivity index (χ0) is 22.5. The lowest BCUT2D eigenvalue weighted by Crippen LogP contribution is -2.39. The van der Waals surface area contributed by atoms with Gasteiger partial charge in [-0.3, -0.25) is 14.6 Å². The van der Waals surface area contributed by atoms with Gasteiger partial charge in [0.15, 0.2) is 0 Å². The number of nitrogens with zero attached hydrogens (tertiary/aromatic N) is 3. The summed E-state index contributed by atoms with van der Waals surface area (Å²) in [7, 11) is 0. The molecule has 0 spiro atoms. The molecule has 2 aliphatic rings. The van der Waals surface area contributed by atoms with Crippen LogP contribution in [-0.4, -0.2) is 65.9 Å². The summed E-state index contributed by atoms with van der Waals surface area (Å²) >= 11 is 6.05. The molecule has 3 heterocycles. The lowest BCUT2D eigenvalue weighted by atomic mass is 9.89. The predicted octanol–water partition coefficient (Wildman–Crippen LogP) is 3.89. The van der Waals surface area contributed by atoms with Crippen molar-refractivity contribution in [2.24, 2.45) is 0 Å². The van der Waals surface area contributed by atoms with E-state index in [1.54, 1.807) is 24.3 Å². The summed E-state index contributed by atoms with van der Waals surface area (Å²) in [5.74, 6) is 0.116. The van der Waals surface area contributed by atoms with Crippen LogP contribution >= 0.6 is 11.6 Å². The zero-order valence-corrected chi connectivity index (χ0v) is 19.4. The van der Waals surface area contributed by atoms with E-state index in [-0.39, 0.29) is 17.7 Å². The molecule has 0 bridgehead atoms. The second-order valence-corrected chi connectivity index (χ2v) is 9.20. The van der Waals surface area contributed by atoms with Crippen LogP contribution in [-0.2, 0) is 0 Å². The smallest absolute Gasteiger partial charge is 0.253 e. The van der Waals surface area contributed by atoms with E-state index in [4.69, 9.17) is 16.6 Å². The number of rotatable bonds is 6. The average molecular weight is 455 g/mol. The van der Waals surface area contributed by atoms with Crippen LogP contribution in [0.15, 0.2) is 36.4 Å². The van der Waals surface area contributed by atoms with Crippen LogP contribution in [0.2, 0.25) is 5.02 Å². The molecule has 0 aliphatic carbocycles. The van der Waals surface area contributed by atoms with Crippen LogP contribution in [0.4, 0.5) is 0 Å². The summed E-state index contributed by atoms with van der Waals surface area (Å²) in [6, 6.07) is 10.9. The molecule has 1 aromatic carbocycles. The maximum atomic E-state index is 12.9. The van der Waals surface area contributed by atoms with E-state index in [2.05, 4.69) is 10.2 Å². The van der Waals surface area contributed by atoms with Crippen LogP contribution in [0, 0.1) is 6.92 Å². The van der Waals surface area contributed by atoms with Gasteiger partial charge in [-0.05, 0) is 76.0 Å². The molecule has 7 heteroatoms. The Morgan fingerprint density at radius 1 is 1.09 bits per heavy atom. The first-order valence-electron chi connectivity index (χ1n) is 11.5. The highest BCUT2D eigenvalue weighted by Crippen LogP contribution is 2.30. The fraction of sp³-hybridized carbons (Fsp3) is 0.480. The SMILES string of the molecule is Cc1ccc(C(=O)NCCN2CCCC2)c(C2CCN(C(=O)c3cccc(Cl)c3)CC2)n1. The summed E-state index contributed by atoms with van der Waals surface area (Å²) in [6.07, 6.45) is 4.07. The number of carbonyl (C=O) groups is 2. The van der Waals surface area contributed by atoms with Crippen molar-refractivity contribution in [2.45, 2.75) is 38.5 Å². The number of aromatic nitrogens is 1. The molecule has 1 aromatic heterocycles. The molecule has 32 heavy (non-hydrogen) atoms. The summed E-state index contributed by atoms with van der Waals surface area (Å²) in [4.78, 5) is 34.8. The third-order valence-electron chi connectivity index (χ3n) is 6.46. The predicted molar refractivity (Wildman–Crippen MR) is 126 cm³/mol. The van der Waals surface area contributed by atoms with Crippen molar-refractivity contribution < 1.29 is 9.59 Å². The van der Waals surface area contributed by atoms with Crippen LogP contribution in [0.3, 0.4) is 0 Å². The quantitative estimate of drug-likeness (QED) is 0.719. The lowest BCUT2D eigenvalue weighted by Gasteiger charge is -2.32. The van der Waals surface area contributed by atoms with Gasteiger partial charge in [0.2, 0.25) is 0 Å². The highest BCUT2D eigenvalue weighted by Gasteiger charge is 2.28. The van der Waals surface area contributed by atoms with Gasteiger partial charge in [-0.25, -0.2) is 0 Å². The number of amides is 2. The van der Waals surface area contributed by atoms with Crippen molar-refractivity contribution in [3.8, 4) is 0 Å². The van der Waals surface area contributed by atoms with Crippen molar-refractivity contribution >= 4 is 23.4 Å². The van der Waals surface area contributed by atoms with Gasteiger partial charge in [0, 0.05) is 48.4 Å². The highest BCUT2D eigenvalue weighted by atomic mass is 35.5. The Morgan fingerprint density at radius 2 is 1.84 bits per heavy atom. The molecule has 6 nitrogen and oxygen atoms in total. The van der Waals surface area contributed by atoms with E-state index < -0.39 is 0 Å². The van der Waals surface area contributed by atoms with E-state index in [1.807, 2.05) is 24.0 Å². The Hall–Kier alpha value is -2.44. The van der Waals surface area contributed by atoms with Gasteiger partial charge in [-0.2, -0.15) is 0 Å². The molecule has 2 amide bonds. The molecule has 0 saturated carbocycles. The third-order valence-corrected chi connectivity index (χ3v) is 6.70. The number of piperidine rings is 1. The second-order valence-electron chi connectivity index (χ2n) is 8.77. The maximum Gasteiger partial charge on any atom is 0.253 e.